The van der Waals surface area contributed by atoms with Crippen LogP contribution in [0.2, 0.25) is 5.02 Å². The number of nitrogens with one attached hydrogen (secondary N) is 1. The van der Waals surface area contributed by atoms with E-state index in [2.05, 4.69) is 5.32 Å². The van der Waals surface area contributed by atoms with Crippen LogP contribution in [0.4, 0.5) is 5.69 Å². The minimum atomic E-state index is -1.00. The van der Waals surface area contributed by atoms with Crippen molar-refractivity contribution in [2.45, 2.75) is 26.9 Å². The molecular formula is C20H20ClNO5. The van der Waals surface area contributed by atoms with Crippen molar-refractivity contribution in [2.24, 2.45) is 0 Å². The van der Waals surface area contributed by atoms with Gasteiger partial charge in [0.15, 0.2) is 18.5 Å². The van der Waals surface area contributed by atoms with Gasteiger partial charge in [-0.15, -0.1) is 0 Å². The Labute approximate surface area is 162 Å². The summed E-state index contributed by atoms with van der Waals surface area (Å²) in [5.74, 6) is -0.703. The second-order valence-electron chi connectivity index (χ2n) is 5.95. The number of carbonyl (C=O) groups is 3. The highest BCUT2D eigenvalue weighted by molar-refractivity contribution is 6.30. The zero-order valence-electron chi connectivity index (χ0n) is 15.2. The van der Waals surface area contributed by atoms with E-state index in [1.54, 1.807) is 49.4 Å². The normalized spacial score (nSPS) is 11.4. The van der Waals surface area contributed by atoms with Crippen molar-refractivity contribution in [3.63, 3.8) is 0 Å². The molecule has 0 aliphatic rings. The number of Topliss-reactive ketones (excluding diaryl/α,β-unsaturated/α-hetero) is 1. The van der Waals surface area contributed by atoms with Crippen molar-refractivity contribution in [2.75, 3.05) is 11.9 Å². The Morgan fingerprint density at radius 2 is 1.78 bits per heavy atom. The Bertz CT molecular complexity index is 848. The first-order valence-electron chi connectivity index (χ1n) is 8.26. The van der Waals surface area contributed by atoms with Gasteiger partial charge < -0.3 is 14.8 Å². The minimum Gasteiger partial charge on any atom is -0.482 e. The molecule has 0 radical (unpaired) electrons. The lowest BCUT2D eigenvalue weighted by atomic mass is 10.1. The number of hydrogen-bond donors (Lipinski definition) is 1. The predicted molar refractivity (Wildman–Crippen MR) is 102 cm³/mol. The summed E-state index contributed by atoms with van der Waals surface area (Å²) in [5.41, 5.74) is 1.83. The predicted octanol–water partition coefficient (Wildman–Crippen LogP) is 3.80. The van der Waals surface area contributed by atoms with Crippen LogP contribution in [-0.2, 0) is 14.3 Å². The Kier molecular flexibility index (Phi) is 6.96. The molecule has 1 unspecified atom stereocenters. The van der Waals surface area contributed by atoms with Crippen LogP contribution in [0.15, 0.2) is 42.5 Å². The molecule has 0 aliphatic carbocycles. The number of esters is 1. The third kappa shape index (κ3) is 6.11. The lowest BCUT2D eigenvalue weighted by Gasteiger charge is -2.14. The van der Waals surface area contributed by atoms with Gasteiger partial charge in [-0.1, -0.05) is 11.6 Å². The largest absolute Gasteiger partial charge is 0.482 e. The van der Waals surface area contributed by atoms with Crippen LogP contribution < -0.4 is 10.1 Å². The average molecular weight is 390 g/mol. The average Bonchev–Trinajstić information content (AvgIpc) is 2.61. The number of carbonyl (C=O) groups excluding carboxylic acids is 3. The zero-order chi connectivity index (χ0) is 20.0. The molecular weight excluding hydrogens is 370 g/mol. The van der Waals surface area contributed by atoms with Gasteiger partial charge in [0.25, 0.3) is 5.91 Å². The molecule has 0 fully saturated rings. The fourth-order valence-corrected chi connectivity index (χ4v) is 2.45. The maximum Gasteiger partial charge on any atom is 0.344 e. The number of benzene rings is 2. The summed E-state index contributed by atoms with van der Waals surface area (Å²) < 4.78 is 10.5. The first-order chi connectivity index (χ1) is 12.8. The maximum absolute atomic E-state index is 12.1. The summed E-state index contributed by atoms with van der Waals surface area (Å²) in [6, 6.07) is 11.5. The van der Waals surface area contributed by atoms with E-state index in [4.69, 9.17) is 21.1 Å². The summed E-state index contributed by atoms with van der Waals surface area (Å²) >= 11 is 5.87. The molecule has 1 N–H and O–H groups in total. The lowest BCUT2D eigenvalue weighted by molar-refractivity contribution is -0.155. The molecule has 142 valence electrons. The van der Waals surface area contributed by atoms with Gasteiger partial charge in [-0.2, -0.15) is 0 Å². The maximum atomic E-state index is 12.1. The summed E-state index contributed by atoms with van der Waals surface area (Å²) in [7, 11) is 0. The lowest BCUT2D eigenvalue weighted by Crippen LogP contribution is -2.31. The van der Waals surface area contributed by atoms with Crippen LogP contribution in [0.1, 0.15) is 29.8 Å². The van der Waals surface area contributed by atoms with Crippen molar-refractivity contribution in [3.05, 3.63) is 58.6 Å². The quantitative estimate of drug-likeness (QED) is 0.575. The number of anilines is 1. The number of ether oxygens (including phenoxy) is 2. The van der Waals surface area contributed by atoms with Gasteiger partial charge in [0, 0.05) is 16.3 Å². The number of ketones is 1. The number of hydrogen-bond acceptors (Lipinski definition) is 5. The molecule has 0 aliphatic heterocycles. The first-order valence-corrected chi connectivity index (χ1v) is 8.64. The molecule has 0 aromatic heterocycles. The number of rotatable bonds is 7. The second-order valence-corrected chi connectivity index (χ2v) is 6.39. The molecule has 2 aromatic rings. The van der Waals surface area contributed by atoms with Crippen molar-refractivity contribution >= 4 is 34.9 Å². The van der Waals surface area contributed by atoms with Gasteiger partial charge in [0.1, 0.15) is 5.75 Å². The van der Waals surface area contributed by atoms with Gasteiger partial charge in [-0.25, -0.2) is 4.79 Å². The van der Waals surface area contributed by atoms with Crippen LogP contribution in [0.5, 0.6) is 5.75 Å². The Morgan fingerprint density at radius 1 is 1.11 bits per heavy atom. The molecule has 7 heteroatoms. The van der Waals surface area contributed by atoms with Crippen LogP contribution in [0.25, 0.3) is 0 Å². The van der Waals surface area contributed by atoms with E-state index in [-0.39, 0.29) is 12.4 Å². The second kappa shape index (κ2) is 9.19. The highest BCUT2D eigenvalue weighted by Gasteiger charge is 2.18. The molecule has 27 heavy (non-hydrogen) atoms. The smallest absolute Gasteiger partial charge is 0.344 e. The summed E-state index contributed by atoms with van der Waals surface area (Å²) in [4.78, 5) is 35.3. The third-order valence-corrected chi connectivity index (χ3v) is 3.95. The van der Waals surface area contributed by atoms with Crippen LogP contribution in [0, 0.1) is 6.92 Å². The van der Waals surface area contributed by atoms with Gasteiger partial charge in [0.2, 0.25) is 0 Å². The molecule has 0 bridgehead atoms. The van der Waals surface area contributed by atoms with Gasteiger partial charge >= 0.3 is 5.97 Å². The van der Waals surface area contributed by atoms with E-state index < -0.39 is 18.0 Å². The molecule has 2 rings (SSSR count). The fraction of sp³-hybridized carbons (Fsp3) is 0.250. The van der Waals surface area contributed by atoms with E-state index in [9.17, 15) is 14.4 Å². The Morgan fingerprint density at radius 3 is 2.37 bits per heavy atom. The monoisotopic (exact) mass is 389 g/mol. The SMILES string of the molecule is CC(=O)c1ccc(NC(=O)C(C)OC(=O)COc2ccc(Cl)cc2C)cc1. The molecule has 6 nitrogen and oxygen atoms in total. The van der Waals surface area contributed by atoms with E-state index in [1.165, 1.54) is 13.8 Å². The molecule has 2 aromatic carbocycles. The zero-order valence-corrected chi connectivity index (χ0v) is 16.0. The number of halogens is 1. The highest BCUT2D eigenvalue weighted by Crippen LogP contribution is 2.21. The first kappa shape index (κ1) is 20.5. The Hall–Kier alpha value is -2.86. The van der Waals surface area contributed by atoms with Gasteiger partial charge in [-0.3, -0.25) is 9.59 Å². The Balaban J connectivity index is 1.84. The van der Waals surface area contributed by atoms with E-state index >= 15 is 0 Å². The molecule has 1 atom stereocenters. The van der Waals surface area contributed by atoms with Crippen molar-refractivity contribution in [1.29, 1.82) is 0 Å². The van der Waals surface area contributed by atoms with E-state index in [0.717, 1.165) is 5.56 Å². The topological polar surface area (TPSA) is 81.7 Å². The van der Waals surface area contributed by atoms with Gasteiger partial charge in [0.05, 0.1) is 0 Å². The number of amides is 1. The minimum absolute atomic E-state index is 0.0638. The van der Waals surface area contributed by atoms with Crippen LogP contribution >= 0.6 is 11.6 Å². The van der Waals surface area contributed by atoms with Gasteiger partial charge in [-0.05, 0) is 68.8 Å². The van der Waals surface area contributed by atoms with Crippen molar-refractivity contribution < 1.29 is 23.9 Å². The van der Waals surface area contributed by atoms with Crippen molar-refractivity contribution in [3.8, 4) is 5.75 Å². The standard InChI is InChI=1S/C20H20ClNO5/c1-12-10-16(21)6-9-18(12)26-11-19(24)27-14(3)20(25)22-17-7-4-15(5-8-17)13(2)23/h4-10,14H,11H2,1-3H3,(H,22,25). The van der Waals surface area contributed by atoms with Crippen LogP contribution in [0.3, 0.4) is 0 Å². The van der Waals surface area contributed by atoms with Crippen molar-refractivity contribution in [1.82, 2.24) is 0 Å². The molecule has 0 heterocycles. The van der Waals surface area contributed by atoms with E-state index in [1.807, 2.05) is 0 Å². The third-order valence-electron chi connectivity index (χ3n) is 3.72. The number of aryl methyl sites for hydroxylation is 1. The summed E-state index contributed by atoms with van der Waals surface area (Å²) in [6.07, 6.45) is -1.00. The molecule has 0 spiro atoms. The summed E-state index contributed by atoms with van der Waals surface area (Å²) in [5, 5.41) is 3.19. The molecule has 1 amide bonds. The summed E-state index contributed by atoms with van der Waals surface area (Å²) in [6.45, 7) is 4.40. The van der Waals surface area contributed by atoms with E-state index in [0.29, 0.717) is 22.0 Å². The van der Waals surface area contributed by atoms with Crippen LogP contribution in [-0.4, -0.2) is 30.4 Å². The molecule has 0 saturated heterocycles. The highest BCUT2D eigenvalue weighted by atomic mass is 35.5. The molecule has 0 saturated carbocycles. The fourth-order valence-electron chi connectivity index (χ4n) is 2.23.